The molecule has 0 bridgehead atoms. The Balaban J connectivity index is 2.89. The summed E-state index contributed by atoms with van der Waals surface area (Å²) < 4.78 is 30.2. The summed E-state index contributed by atoms with van der Waals surface area (Å²) in [5.74, 6) is -0.236. The van der Waals surface area contributed by atoms with Crippen LogP contribution in [0.1, 0.15) is 6.92 Å². The summed E-state index contributed by atoms with van der Waals surface area (Å²) in [5.41, 5.74) is 0.495. The minimum atomic E-state index is -5.31. The number of rotatable bonds is 2. The van der Waals surface area contributed by atoms with E-state index in [0.717, 1.165) is 0 Å². The fourth-order valence-corrected chi connectivity index (χ4v) is 2.44. The van der Waals surface area contributed by atoms with Crippen molar-refractivity contribution in [2.75, 3.05) is 5.32 Å². The van der Waals surface area contributed by atoms with E-state index in [-0.39, 0.29) is 9.42 Å². The van der Waals surface area contributed by atoms with E-state index < -0.39 is 19.6 Å². The van der Waals surface area contributed by atoms with Crippen molar-refractivity contribution in [3.63, 3.8) is 0 Å². The van der Waals surface area contributed by atoms with Crippen molar-refractivity contribution < 1.29 is 14.6 Å². The molecule has 0 spiro atoms. The van der Waals surface area contributed by atoms with Crippen LogP contribution in [0, 0.1) is 0 Å². The summed E-state index contributed by atoms with van der Waals surface area (Å²) >= 11 is -5.31. The Kier molecular flexibility index (Phi) is 3.37. The Morgan fingerprint density at radius 1 is 1.43 bits per heavy atom. The number of benzene rings is 1. The summed E-state index contributed by atoms with van der Waals surface area (Å²) in [4.78, 5) is 10.6. The monoisotopic (exact) mass is 304 g/mol. The fraction of sp³-hybridized carbons (Fsp3) is 0.125. The molecule has 6 heteroatoms. The zero-order valence-corrected chi connectivity index (χ0v) is 9.98. The Bertz CT molecular complexity index is 381. The van der Waals surface area contributed by atoms with Gasteiger partial charge in [-0.2, -0.15) is 0 Å². The SMILES string of the molecule is CC(=O)Nc1cc[c]([Sb](=[O])([O-])[OH])cc1. The second kappa shape index (κ2) is 4.17. The van der Waals surface area contributed by atoms with Crippen LogP contribution in [0.2, 0.25) is 0 Å². The quantitative estimate of drug-likeness (QED) is 0.656. The van der Waals surface area contributed by atoms with E-state index in [1.165, 1.54) is 31.2 Å². The van der Waals surface area contributed by atoms with Crippen LogP contribution in [0.4, 0.5) is 5.69 Å². The van der Waals surface area contributed by atoms with E-state index in [1.807, 2.05) is 0 Å². The van der Waals surface area contributed by atoms with Crippen LogP contribution in [-0.4, -0.2) is 28.9 Å². The molecule has 2 N–H and O–H groups in total. The third-order valence-electron chi connectivity index (χ3n) is 1.51. The van der Waals surface area contributed by atoms with Crippen LogP contribution < -0.4 is 12.2 Å². The first-order valence-electron chi connectivity index (χ1n) is 3.81. The van der Waals surface area contributed by atoms with Gasteiger partial charge in [-0.3, -0.25) is 0 Å². The normalized spacial score (nSPS) is 14.5. The number of hydrogen-bond donors (Lipinski definition) is 2. The van der Waals surface area contributed by atoms with Crippen LogP contribution in [0.25, 0.3) is 0 Å². The van der Waals surface area contributed by atoms with Crippen molar-refractivity contribution in [1.29, 1.82) is 0 Å². The molecule has 0 aliphatic heterocycles. The van der Waals surface area contributed by atoms with Crippen molar-refractivity contribution in [3.8, 4) is 0 Å². The van der Waals surface area contributed by atoms with Gasteiger partial charge in [0.2, 0.25) is 0 Å². The number of nitrogens with one attached hydrogen (secondary N) is 1. The molecule has 1 atom stereocenters. The molecule has 0 radical (unpaired) electrons. The van der Waals surface area contributed by atoms with Crippen LogP contribution >= 0.6 is 0 Å². The summed E-state index contributed by atoms with van der Waals surface area (Å²) in [6, 6.07) is 5.37. The van der Waals surface area contributed by atoms with Gasteiger partial charge < -0.3 is 0 Å². The number of carbonyl (C=O) groups is 1. The van der Waals surface area contributed by atoms with Crippen LogP contribution in [-0.2, 0) is 7.81 Å². The first-order chi connectivity index (χ1) is 6.39. The molecule has 1 aromatic rings. The fourth-order valence-electron chi connectivity index (χ4n) is 0.936. The summed E-state index contributed by atoms with van der Waals surface area (Å²) in [7, 11) is 0. The molecule has 1 amide bonds. The van der Waals surface area contributed by atoms with E-state index in [9.17, 15) is 11.2 Å². The predicted molar refractivity (Wildman–Crippen MR) is 49.0 cm³/mol. The maximum atomic E-state index is 10.8. The van der Waals surface area contributed by atoms with E-state index in [0.29, 0.717) is 5.69 Å². The Morgan fingerprint density at radius 2 is 1.93 bits per heavy atom. The van der Waals surface area contributed by atoms with Gasteiger partial charge in [-0.05, 0) is 0 Å². The zero-order valence-electron chi connectivity index (χ0n) is 7.43. The maximum absolute atomic E-state index is 10.8. The van der Waals surface area contributed by atoms with E-state index >= 15 is 0 Å². The standard InChI is InChI=1S/C8H8NO.H2O.2O.Sb/c1-7(10)9-8-5-3-2-4-6-8;;;;/h3-6H,1H3,(H,9,10);1H2;;;/q;;;-1;+1/p-1. The van der Waals surface area contributed by atoms with Crippen LogP contribution in [0.3, 0.4) is 0 Å². The first kappa shape index (κ1) is 11.3. The third-order valence-corrected chi connectivity index (χ3v) is 4.23. The number of amides is 1. The van der Waals surface area contributed by atoms with Crippen molar-refractivity contribution in [2.24, 2.45) is 0 Å². The van der Waals surface area contributed by atoms with Crippen LogP contribution in [0.15, 0.2) is 24.3 Å². The van der Waals surface area contributed by atoms with Crippen molar-refractivity contribution in [2.45, 2.75) is 6.92 Å². The second-order valence-electron chi connectivity index (χ2n) is 2.75. The minimum absolute atomic E-state index is 0.0856. The van der Waals surface area contributed by atoms with Gasteiger partial charge in [-0.25, -0.2) is 0 Å². The third kappa shape index (κ3) is 3.18. The first-order valence-corrected chi connectivity index (χ1v) is 8.32. The molecule has 0 fully saturated rings. The van der Waals surface area contributed by atoms with Gasteiger partial charge in [0, 0.05) is 0 Å². The predicted octanol–water partition coefficient (Wildman–Crippen LogP) is -1.43. The summed E-state index contributed by atoms with van der Waals surface area (Å²) in [5, 5.41) is 2.48. The summed E-state index contributed by atoms with van der Waals surface area (Å²) in [6.45, 7) is 1.35. The molecule has 0 aliphatic carbocycles. The van der Waals surface area contributed by atoms with Gasteiger partial charge in [-0.15, -0.1) is 0 Å². The molecule has 5 nitrogen and oxygen atoms in total. The number of anilines is 1. The summed E-state index contributed by atoms with van der Waals surface area (Å²) in [6.07, 6.45) is 0. The van der Waals surface area contributed by atoms with Gasteiger partial charge in [0.1, 0.15) is 0 Å². The molecular weight excluding hydrogens is 296 g/mol. The molecule has 0 heterocycles. The molecule has 1 rings (SSSR count). The second-order valence-corrected chi connectivity index (χ2v) is 7.19. The van der Waals surface area contributed by atoms with Crippen molar-refractivity contribution in [3.05, 3.63) is 24.3 Å². The Morgan fingerprint density at radius 3 is 2.29 bits per heavy atom. The molecule has 1 aromatic carbocycles. The molecule has 76 valence electrons. The topological polar surface area (TPSA) is 89.5 Å². The van der Waals surface area contributed by atoms with Gasteiger partial charge in [0.15, 0.2) is 0 Å². The van der Waals surface area contributed by atoms with E-state index in [1.54, 1.807) is 0 Å². The molecule has 0 saturated carbocycles. The van der Waals surface area contributed by atoms with Crippen molar-refractivity contribution >= 4 is 34.7 Å². The molecule has 0 saturated heterocycles. The van der Waals surface area contributed by atoms with Gasteiger partial charge in [0.25, 0.3) is 0 Å². The molecule has 14 heavy (non-hydrogen) atoms. The molecule has 1 unspecified atom stereocenters. The Hall–Kier alpha value is -0.772. The van der Waals surface area contributed by atoms with Crippen LogP contribution in [0.5, 0.6) is 0 Å². The average Bonchev–Trinajstić information content (AvgIpc) is 2.02. The molecule has 0 aliphatic rings. The van der Waals surface area contributed by atoms with E-state index in [4.69, 9.17) is 3.39 Å². The number of hydrogen-bond acceptors (Lipinski definition) is 3. The van der Waals surface area contributed by atoms with Crippen molar-refractivity contribution in [1.82, 2.24) is 0 Å². The zero-order chi connectivity index (χ0) is 10.8. The van der Waals surface area contributed by atoms with Gasteiger partial charge >= 0.3 is 85.8 Å². The van der Waals surface area contributed by atoms with E-state index in [2.05, 4.69) is 5.32 Å². The molecular formula is C8H9NO4Sb-. The average molecular weight is 305 g/mol. The van der Waals surface area contributed by atoms with Gasteiger partial charge in [-0.1, -0.05) is 0 Å². The number of carbonyl (C=O) groups excluding carboxylic acids is 1. The molecule has 0 aromatic heterocycles. The Labute approximate surface area is 85.9 Å². The van der Waals surface area contributed by atoms with Gasteiger partial charge in [0.05, 0.1) is 0 Å².